The summed E-state index contributed by atoms with van der Waals surface area (Å²) in [5, 5.41) is 11.1. The molecule has 0 saturated heterocycles. The number of fused-ring (bicyclic) bond motifs is 9. The minimum atomic E-state index is 0.575. The fourth-order valence-corrected chi connectivity index (χ4v) is 9.37. The third-order valence-corrected chi connectivity index (χ3v) is 12.3. The van der Waals surface area contributed by atoms with Crippen LogP contribution in [0.15, 0.2) is 209 Å². The molecule has 0 bridgehead atoms. The summed E-state index contributed by atoms with van der Waals surface area (Å²) in [6.07, 6.45) is 0. The molecule has 0 spiro atoms. The first kappa shape index (κ1) is 34.5. The molecule has 0 aliphatic carbocycles. The summed E-state index contributed by atoms with van der Waals surface area (Å²) in [5.41, 5.74) is 10.5. The fourth-order valence-electron chi connectivity index (χ4n) is 9.37. The molecule has 0 amide bonds. The Labute approximate surface area is 355 Å². The summed E-state index contributed by atoms with van der Waals surface area (Å²) >= 11 is 0. The molecular formula is C57H33N3O2. The second-order valence-electron chi connectivity index (χ2n) is 15.9. The van der Waals surface area contributed by atoms with Crippen LogP contribution in [-0.2, 0) is 0 Å². The first-order valence-electron chi connectivity index (χ1n) is 20.8. The summed E-state index contributed by atoms with van der Waals surface area (Å²) in [7, 11) is 0. The molecule has 0 fully saturated rings. The SMILES string of the molecule is c1ccc(-c2nc(-c3ccc4c(c3)oc3ccccc34)nc(-c3ccc(-c4cc(-c5cccc6ccccc56)cc5oc6cc7ccccc7cc6c45)c4ccccc34)n2)cc1. The van der Waals surface area contributed by atoms with Crippen LogP contribution in [0.5, 0.6) is 0 Å². The maximum absolute atomic E-state index is 6.82. The van der Waals surface area contributed by atoms with E-state index < -0.39 is 0 Å². The van der Waals surface area contributed by atoms with Crippen molar-refractivity contribution in [3.05, 3.63) is 200 Å². The van der Waals surface area contributed by atoms with Gasteiger partial charge in [0, 0.05) is 38.2 Å². The molecule has 0 radical (unpaired) electrons. The van der Waals surface area contributed by atoms with Crippen molar-refractivity contribution in [1.82, 2.24) is 15.0 Å². The van der Waals surface area contributed by atoms with Crippen molar-refractivity contribution in [3.8, 4) is 56.4 Å². The largest absolute Gasteiger partial charge is 0.456 e. The van der Waals surface area contributed by atoms with Crippen molar-refractivity contribution >= 4 is 76.2 Å². The van der Waals surface area contributed by atoms with Crippen LogP contribution in [0.3, 0.4) is 0 Å². The molecule has 0 aliphatic heterocycles. The lowest BCUT2D eigenvalue weighted by Crippen LogP contribution is -2.00. The lowest BCUT2D eigenvalue weighted by atomic mass is 9.89. The van der Waals surface area contributed by atoms with Crippen molar-refractivity contribution in [2.75, 3.05) is 0 Å². The third kappa shape index (κ3) is 5.45. The van der Waals surface area contributed by atoms with Crippen LogP contribution in [0.4, 0.5) is 0 Å². The minimum Gasteiger partial charge on any atom is -0.456 e. The van der Waals surface area contributed by atoms with Gasteiger partial charge in [-0.3, -0.25) is 0 Å². The van der Waals surface area contributed by atoms with Gasteiger partial charge in [-0.2, -0.15) is 0 Å². The van der Waals surface area contributed by atoms with E-state index in [2.05, 4.69) is 146 Å². The summed E-state index contributed by atoms with van der Waals surface area (Å²) in [4.78, 5) is 15.5. The minimum absolute atomic E-state index is 0.575. The molecule has 0 atom stereocenters. The highest BCUT2D eigenvalue weighted by Gasteiger charge is 2.21. The van der Waals surface area contributed by atoms with Crippen molar-refractivity contribution in [3.63, 3.8) is 0 Å². The van der Waals surface area contributed by atoms with E-state index in [0.717, 1.165) is 99.0 Å². The summed E-state index contributed by atoms with van der Waals surface area (Å²) in [6.45, 7) is 0. The molecule has 5 nitrogen and oxygen atoms in total. The highest BCUT2D eigenvalue weighted by Crippen LogP contribution is 2.45. The zero-order valence-corrected chi connectivity index (χ0v) is 33.2. The highest BCUT2D eigenvalue weighted by atomic mass is 16.3. The van der Waals surface area contributed by atoms with E-state index in [0.29, 0.717) is 17.5 Å². The average Bonchev–Trinajstić information content (AvgIpc) is 3.90. The molecule has 5 heteroatoms. The van der Waals surface area contributed by atoms with E-state index in [1.54, 1.807) is 0 Å². The first-order valence-corrected chi connectivity index (χ1v) is 20.8. The van der Waals surface area contributed by atoms with Crippen molar-refractivity contribution < 1.29 is 8.83 Å². The zero-order chi connectivity index (χ0) is 40.7. The first-order chi connectivity index (χ1) is 30.7. The Hall–Kier alpha value is -8.41. The lowest BCUT2D eigenvalue weighted by molar-refractivity contribution is 0.669. The molecule has 0 N–H and O–H groups in total. The van der Waals surface area contributed by atoms with Gasteiger partial charge in [-0.1, -0.05) is 152 Å². The van der Waals surface area contributed by atoms with E-state index in [4.69, 9.17) is 23.8 Å². The maximum Gasteiger partial charge on any atom is 0.164 e. The van der Waals surface area contributed by atoms with Crippen LogP contribution < -0.4 is 0 Å². The van der Waals surface area contributed by atoms with E-state index in [1.165, 1.54) is 16.2 Å². The standard InChI is InChI=1S/C57H33N3O2/c1-2-14-35(15-3-1)55-58-56(38-25-26-46-45-22-10-11-24-50(45)61-51(46)32-38)60-57(59-55)47-28-27-44(42-20-8-9-21-43(42)47)48-30-39(41-23-12-18-34-13-6-7-19-40(34)41)33-53-54(48)49-29-36-16-4-5-17-37(36)31-52(49)62-53/h1-33H. The van der Waals surface area contributed by atoms with Crippen LogP contribution in [0.25, 0.3) is 133 Å². The molecule has 0 saturated carbocycles. The Kier molecular flexibility index (Phi) is 7.54. The van der Waals surface area contributed by atoms with Crippen molar-refractivity contribution in [1.29, 1.82) is 0 Å². The molecule has 3 aromatic heterocycles. The Morgan fingerprint density at radius 3 is 1.68 bits per heavy atom. The van der Waals surface area contributed by atoms with Gasteiger partial charge in [-0.05, 0) is 103 Å². The van der Waals surface area contributed by atoms with E-state index >= 15 is 0 Å². The van der Waals surface area contributed by atoms with Gasteiger partial charge < -0.3 is 8.83 Å². The van der Waals surface area contributed by atoms with Gasteiger partial charge in [-0.15, -0.1) is 0 Å². The number of nitrogens with zero attached hydrogens (tertiary/aromatic N) is 3. The van der Waals surface area contributed by atoms with Crippen molar-refractivity contribution in [2.24, 2.45) is 0 Å². The van der Waals surface area contributed by atoms with Gasteiger partial charge in [0.2, 0.25) is 0 Å². The van der Waals surface area contributed by atoms with Crippen LogP contribution in [0, 0.1) is 0 Å². The Morgan fingerprint density at radius 2 is 0.839 bits per heavy atom. The molecule has 3 heterocycles. The summed E-state index contributed by atoms with van der Waals surface area (Å²) in [5.74, 6) is 1.77. The summed E-state index contributed by atoms with van der Waals surface area (Å²) in [6, 6.07) is 70.0. The Balaban J connectivity index is 1.05. The molecule has 10 aromatic carbocycles. The quantitative estimate of drug-likeness (QED) is 0.174. The number of hydrogen-bond donors (Lipinski definition) is 0. The summed E-state index contributed by atoms with van der Waals surface area (Å²) < 4.78 is 13.1. The van der Waals surface area contributed by atoms with E-state index in [-0.39, 0.29) is 0 Å². The van der Waals surface area contributed by atoms with Crippen LogP contribution in [0.1, 0.15) is 0 Å². The second-order valence-corrected chi connectivity index (χ2v) is 15.9. The van der Waals surface area contributed by atoms with Crippen molar-refractivity contribution in [2.45, 2.75) is 0 Å². The molecule has 288 valence electrons. The molecule has 13 aromatic rings. The number of para-hydroxylation sites is 1. The topological polar surface area (TPSA) is 65.0 Å². The van der Waals surface area contributed by atoms with Crippen LogP contribution in [-0.4, -0.2) is 15.0 Å². The number of furan rings is 2. The normalized spacial score (nSPS) is 11.9. The number of rotatable bonds is 5. The van der Waals surface area contributed by atoms with E-state index in [1.807, 2.05) is 54.6 Å². The molecule has 0 unspecified atom stereocenters. The third-order valence-electron chi connectivity index (χ3n) is 12.3. The van der Waals surface area contributed by atoms with Gasteiger partial charge >= 0.3 is 0 Å². The number of benzene rings is 10. The molecule has 0 aliphatic rings. The second kappa shape index (κ2) is 13.6. The number of hydrogen-bond acceptors (Lipinski definition) is 5. The average molecular weight is 792 g/mol. The van der Waals surface area contributed by atoms with E-state index in [9.17, 15) is 0 Å². The Bertz CT molecular complexity index is 3930. The molecule has 62 heavy (non-hydrogen) atoms. The van der Waals surface area contributed by atoms with Gasteiger partial charge in [0.1, 0.15) is 22.3 Å². The van der Waals surface area contributed by atoms with Gasteiger partial charge in [0.05, 0.1) is 0 Å². The fraction of sp³-hybridized carbons (Fsp3) is 0. The monoisotopic (exact) mass is 791 g/mol. The Morgan fingerprint density at radius 1 is 0.258 bits per heavy atom. The van der Waals surface area contributed by atoms with Gasteiger partial charge in [-0.25, -0.2) is 15.0 Å². The smallest absolute Gasteiger partial charge is 0.164 e. The van der Waals surface area contributed by atoms with Crippen LogP contribution >= 0.6 is 0 Å². The molecular weight excluding hydrogens is 759 g/mol. The highest BCUT2D eigenvalue weighted by molar-refractivity contribution is 6.20. The van der Waals surface area contributed by atoms with Gasteiger partial charge in [0.15, 0.2) is 17.5 Å². The lowest BCUT2D eigenvalue weighted by Gasteiger charge is -2.15. The van der Waals surface area contributed by atoms with Crippen LogP contribution in [0.2, 0.25) is 0 Å². The predicted octanol–water partition coefficient (Wildman–Crippen LogP) is 15.5. The predicted molar refractivity (Wildman–Crippen MR) is 254 cm³/mol. The maximum atomic E-state index is 6.82. The number of aromatic nitrogens is 3. The zero-order valence-electron chi connectivity index (χ0n) is 33.2. The van der Waals surface area contributed by atoms with Gasteiger partial charge in [0.25, 0.3) is 0 Å². The molecule has 13 rings (SSSR count).